The summed E-state index contributed by atoms with van der Waals surface area (Å²) < 4.78 is 13.7. The topological polar surface area (TPSA) is 0 Å². The van der Waals surface area contributed by atoms with Crippen molar-refractivity contribution in [2.75, 3.05) is 0 Å². The Morgan fingerprint density at radius 2 is 1.88 bits per heavy atom. The quantitative estimate of drug-likeness (QED) is 0.677. The van der Waals surface area contributed by atoms with Crippen molar-refractivity contribution in [1.82, 2.24) is 0 Å². The maximum Gasteiger partial charge on any atom is 0.132 e. The number of hydrogen-bond donors (Lipinski definition) is 0. The first-order valence-electron chi connectivity index (χ1n) is 5.03. The molecule has 0 unspecified atom stereocenters. The zero-order valence-corrected chi connectivity index (χ0v) is 9.90. The highest BCUT2D eigenvalue weighted by Gasteiger charge is 2.09. The Bertz CT molecular complexity index is 512. The number of rotatable bonds is 1. The van der Waals surface area contributed by atoms with Crippen LogP contribution in [0.2, 0.25) is 5.02 Å². The Labute approximate surface area is 99.7 Å². The highest BCUT2D eigenvalue weighted by atomic mass is 35.5. The van der Waals surface area contributed by atoms with Gasteiger partial charge < -0.3 is 0 Å². The van der Waals surface area contributed by atoms with Gasteiger partial charge in [-0.3, -0.25) is 0 Å². The molecular weight excluding hydrogens is 223 g/mol. The summed E-state index contributed by atoms with van der Waals surface area (Å²) in [7, 11) is 0. The molecule has 2 aromatic carbocycles. The van der Waals surface area contributed by atoms with E-state index in [0.29, 0.717) is 10.6 Å². The van der Waals surface area contributed by atoms with Gasteiger partial charge in [0.15, 0.2) is 0 Å². The molecule has 1 radical (unpaired) electrons. The standard InChI is InChI=1S/C14H11ClF/c1-9-6-7-11(8-10(9)2)14-12(15)4-3-5-13(14)16/h3,5-8H,1-2H3. The van der Waals surface area contributed by atoms with Crippen molar-refractivity contribution in [3.8, 4) is 11.1 Å². The summed E-state index contributed by atoms with van der Waals surface area (Å²) >= 11 is 5.96. The fraction of sp³-hybridized carbons (Fsp3) is 0.143. The van der Waals surface area contributed by atoms with Crippen LogP contribution in [0.4, 0.5) is 4.39 Å². The lowest BCUT2D eigenvalue weighted by Crippen LogP contribution is -1.88. The molecule has 0 saturated heterocycles. The summed E-state index contributed by atoms with van der Waals surface area (Å²) in [5.41, 5.74) is 3.52. The lowest BCUT2D eigenvalue weighted by molar-refractivity contribution is 0.631. The van der Waals surface area contributed by atoms with Crippen LogP contribution in [-0.4, -0.2) is 0 Å². The van der Waals surface area contributed by atoms with Gasteiger partial charge in [-0.05, 0) is 42.7 Å². The Morgan fingerprint density at radius 1 is 1.12 bits per heavy atom. The maximum absolute atomic E-state index is 13.7. The average Bonchev–Trinajstić information content (AvgIpc) is 2.23. The molecular formula is C14H11ClF. The van der Waals surface area contributed by atoms with Crippen LogP contribution < -0.4 is 0 Å². The van der Waals surface area contributed by atoms with Gasteiger partial charge in [0, 0.05) is 11.6 Å². The van der Waals surface area contributed by atoms with Crippen molar-refractivity contribution in [2.24, 2.45) is 0 Å². The normalized spacial score (nSPS) is 10.5. The molecule has 0 fully saturated rings. The molecule has 16 heavy (non-hydrogen) atoms. The van der Waals surface area contributed by atoms with E-state index in [-0.39, 0.29) is 5.82 Å². The molecule has 0 atom stereocenters. The zero-order valence-electron chi connectivity index (χ0n) is 9.14. The molecule has 0 aromatic heterocycles. The highest BCUT2D eigenvalue weighted by molar-refractivity contribution is 6.33. The predicted molar refractivity (Wildman–Crippen MR) is 65.2 cm³/mol. The first-order valence-corrected chi connectivity index (χ1v) is 5.40. The van der Waals surface area contributed by atoms with Crippen LogP contribution in [0.25, 0.3) is 11.1 Å². The van der Waals surface area contributed by atoms with E-state index >= 15 is 0 Å². The van der Waals surface area contributed by atoms with Gasteiger partial charge in [0.05, 0.1) is 5.02 Å². The number of halogens is 2. The minimum atomic E-state index is -0.313. The van der Waals surface area contributed by atoms with Gasteiger partial charge in [-0.1, -0.05) is 29.8 Å². The minimum absolute atomic E-state index is 0.313. The second-order valence-electron chi connectivity index (χ2n) is 3.81. The first kappa shape index (κ1) is 11.2. The van der Waals surface area contributed by atoms with E-state index in [0.717, 1.165) is 11.1 Å². The Balaban J connectivity index is 2.63. The summed E-state index contributed by atoms with van der Waals surface area (Å²) in [6.45, 7) is 4.02. The van der Waals surface area contributed by atoms with Crippen molar-refractivity contribution in [1.29, 1.82) is 0 Å². The van der Waals surface area contributed by atoms with Crippen LogP contribution in [0.15, 0.2) is 30.3 Å². The van der Waals surface area contributed by atoms with Crippen molar-refractivity contribution in [3.63, 3.8) is 0 Å². The van der Waals surface area contributed by atoms with Crippen LogP contribution in [0.3, 0.4) is 0 Å². The molecule has 2 rings (SSSR count). The van der Waals surface area contributed by atoms with E-state index < -0.39 is 0 Å². The smallest absolute Gasteiger partial charge is 0.132 e. The number of hydrogen-bond acceptors (Lipinski definition) is 0. The summed E-state index contributed by atoms with van der Waals surface area (Å²) in [4.78, 5) is 0. The van der Waals surface area contributed by atoms with E-state index in [9.17, 15) is 4.39 Å². The minimum Gasteiger partial charge on any atom is -0.206 e. The van der Waals surface area contributed by atoms with Gasteiger partial charge in [-0.2, -0.15) is 0 Å². The molecule has 0 amide bonds. The summed E-state index contributed by atoms with van der Waals surface area (Å²) in [6.07, 6.45) is 0. The zero-order chi connectivity index (χ0) is 11.7. The second kappa shape index (κ2) is 4.26. The fourth-order valence-corrected chi connectivity index (χ4v) is 1.87. The monoisotopic (exact) mass is 233 g/mol. The van der Waals surface area contributed by atoms with E-state index in [2.05, 4.69) is 6.07 Å². The largest absolute Gasteiger partial charge is 0.206 e. The van der Waals surface area contributed by atoms with Crippen LogP contribution in [-0.2, 0) is 0 Å². The Kier molecular flexibility index (Phi) is 2.97. The number of benzene rings is 2. The Morgan fingerprint density at radius 3 is 2.50 bits per heavy atom. The summed E-state index contributed by atoms with van der Waals surface area (Å²) in [5, 5.41) is 0.322. The molecule has 0 aliphatic rings. The van der Waals surface area contributed by atoms with Crippen LogP contribution in [0.1, 0.15) is 11.1 Å². The SMILES string of the molecule is Cc1ccc(-c2c(Cl)[c]ccc2F)cc1C. The van der Waals surface area contributed by atoms with Gasteiger partial charge in [0.2, 0.25) is 0 Å². The van der Waals surface area contributed by atoms with Crippen molar-refractivity contribution >= 4 is 11.6 Å². The first-order chi connectivity index (χ1) is 7.59. The van der Waals surface area contributed by atoms with Gasteiger partial charge >= 0.3 is 0 Å². The van der Waals surface area contributed by atoms with Crippen LogP contribution in [0.5, 0.6) is 0 Å². The third-order valence-electron chi connectivity index (χ3n) is 2.69. The molecule has 2 aromatic rings. The lowest BCUT2D eigenvalue weighted by Gasteiger charge is -2.08. The molecule has 0 saturated carbocycles. The molecule has 2 heteroatoms. The van der Waals surface area contributed by atoms with E-state index in [4.69, 9.17) is 11.6 Å². The second-order valence-corrected chi connectivity index (χ2v) is 4.19. The lowest BCUT2D eigenvalue weighted by atomic mass is 10.00. The highest BCUT2D eigenvalue weighted by Crippen LogP contribution is 2.31. The summed E-state index contributed by atoms with van der Waals surface area (Å²) in [6, 6.07) is 11.4. The molecule has 0 aliphatic carbocycles. The van der Waals surface area contributed by atoms with Gasteiger partial charge in [0.1, 0.15) is 5.82 Å². The van der Waals surface area contributed by atoms with Gasteiger partial charge in [-0.15, -0.1) is 0 Å². The predicted octanol–water partition coefficient (Wildman–Crippen LogP) is 4.56. The fourth-order valence-electron chi connectivity index (χ4n) is 1.61. The van der Waals surface area contributed by atoms with Crippen molar-refractivity contribution < 1.29 is 4.39 Å². The molecule has 81 valence electrons. The van der Waals surface area contributed by atoms with Gasteiger partial charge in [-0.25, -0.2) is 4.39 Å². The maximum atomic E-state index is 13.7. The molecule has 0 nitrogen and oxygen atoms in total. The molecule has 0 spiro atoms. The molecule has 0 bridgehead atoms. The third-order valence-corrected chi connectivity index (χ3v) is 2.99. The van der Waals surface area contributed by atoms with Crippen LogP contribution in [0, 0.1) is 25.7 Å². The Hall–Kier alpha value is -1.34. The summed E-state index contributed by atoms with van der Waals surface area (Å²) in [5.74, 6) is -0.313. The van der Waals surface area contributed by atoms with E-state index in [1.807, 2.05) is 32.0 Å². The molecule has 0 N–H and O–H groups in total. The van der Waals surface area contributed by atoms with E-state index in [1.165, 1.54) is 17.7 Å². The van der Waals surface area contributed by atoms with Crippen molar-refractivity contribution in [3.05, 3.63) is 58.4 Å². The third kappa shape index (κ3) is 1.96. The van der Waals surface area contributed by atoms with Gasteiger partial charge in [0.25, 0.3) is 0 Å². The molecule has 0 heterocycles. The number of aryl methyl sites for hydroxylation is 2. The van der Waals surface area contributed by atoms with Crippen molar-refractivity contribution in [2.45, 2.75) is 13.8 Å². The molecule has 0 aliphatic heterocycles. The van der Waals surface area contributed by atoms with E-state index in [1.54, 1.807) is 0 Å². The average molecular weight is 234 g/mol. The van der Waals surface area contributed by atoms with Crippen LogP contribution >= 0.6 is 11.6 Å².